The second-order valence-corrected chi connectivity index (χ2v) is 26.1. The number of methoxy groups -OCH3 is 1. The normalized spacial score (nSPS) is 19.8. The van der Waals surface area contributed by atoms with Gasteiger partial charge in [-0.2, -0.15) is 11.8 Å². The summed E-state index contributed by atoms with van der Waals surface area (Å²) < 4.78 is 86.6. The van der Waals surface area contributed by atoms with Crippen LogP contribution in [0.4, 0.5) is 4.79 Å². The molecule has 5 heterocycles. The van der Waals surface area contributed by atoms with Crippen LogP contribution in [0.25, 0.3) is 11.3 Å². The number of carboxylic acid groups (broad SMARTS) is 1. The minimum absolute atomic E-state index is 0.0261. The summed E-state index contributed by atoms with van der Waals surface area (Å²) in [7, 11) is 1.61. The van der Waals surface area contributed by atoms with E-state index in [4.69, 9.17) is 71.1 Å². The van der Waals surface area contributed by atoms with Crippen LogP contribution in [0.3, 0.4) is 0 Å². The number of carboxylic acids is 1. The topological polar surface area (TPSA) is 447 Å². The molecule has 0 bridgehead atoms. The van der Waals surface area contributed by atoms with E-state index in [1.807, 2.05) is 18.0 Å². The number of hydrogen-bond acceptors (Lipinski definition) is 29. The number of aliphatic carboxylic acids is 1. The summed E-state index contributed by atoms with van der Waals surface area (Å²) >= 11 is 1.89. The number of ether oxygens (including phenoxy) is 15. The number of hydrogen-bond donors (Lipinski definition) is 10. The molecule has 105 heavy (non-hydrogen) atoms. The summed E-state index contributed by atoms with van der Waals surface area (Å²) in [5.41, 5.74) is 2.78. The highest BCUT2D eigenvalue weighted by atomic mass is 32.2. The number of nitrogens with zero attached hydrogens (tertiary/aromatic N) is 6. The Bertz CT molecular complexity index is 2820. The van der Waals surface area contributed by atoms with Crippen LogP contribution in [0.5, 0.6) is 0 Å². The van der Waals surface area contributed by atoms with Crippen LogP contribution < -0.4 is 26.6 Å². The van der Waals surface area contributed by atoms with E-state index in [1.54, 1.807) is 46.9 Å². The lowest BCUT2D eigenvalue weighted by molar-refractivity contribution is -0.310. The number of carbonyl (C=O) groups excluding carboxylic acids is 4. The number of thioether (sulfide) groups is 1. The molecule has 6 rings (SSSR count). The van der Waals surface area contributed by atoms with Crippen molar-refractivity contribution in [2.75, 3.05) is 204 Å². The number of rotatable bonds is 65. The Morgan fingerprint density at radius 1 is 0.629 bits per heavy atom. The van der Waals surface area contributed by atoms with E-state index in [0.717, 1.165) is 49.1 Å². The summed E-state index contributed by atoms with van der Waals surface area (Å²) in [5.74, 6) is -4.58. The molecule has 5 amide bonds. The van der Waals surface area contributed by atoms with Crippen LogP contribution in [0.15, 0.2) is 36.7 Å². The van der Waals surface area contributed by atoms with Gasteiger partial charge in [0, 0.05) is 55.8 Å². The van der Waals surface area contributed by atoms with E-state index in [-0.39, 0.29) is 37.0 Å². The van der Waals surface area contributed by atoms with Gasteiger partial charge in [0.05, 0.1) is 234 Å². The van der Waals surface area contributed by atoms with Crippen LogP contribution >= 0.6 is 11.8 Å². The Balaban J connectivity index is 0.671. The molecule has 3 aliphatic heterocycles. The van der Waals surface area contributed by atoms with Crippen molar-refractivity contribution in [3.05, 3.63) is 47.9 Å². The Kier molecular flexibility index (Phi) is 45.3. The zero-order chi connectivity index (χ0) is 74.8. The minimum Gasteiger partial charge on any atom is -0.477 e. The van der Waals surface area contributed by atoms with Gasteiger partial charge in [0.25, 0.3) is 5.79 Å². The van der Waals surface area contributed by atoms with E-state index < -0.39 is 73.6 Å². The smallest absolute Gasteiger partial charge is 0.364 e. The molecule has 37 heteroatoms. The number of fused-ring (bicyclic) bond motifs is 1. The Morgan fingerprint density at radius 2 is 1.16 bits per heavy atom. The van der Waals surface area contributed by atoms with Crippen LogP contribution in [-0.4, -0.2) is 343 Å². The molecule has 3 saturated heterocycles. The molecule has 9 atom stereocenters. The SMILES string of the molecule is COCCOCCn1cc(CCCCCCO[C@]2(C(=O)O)C[C@H](O)[C@@H](NC(=O)CO)[C@H]([C@H](O)[C@H](O)CNC(=O)Cc3ccc(-c4cn(CCOCCOCCOCCOCCOCCOCCOCCOCCOCCOCCOCCNC(=O)CCCC[C@@H]5SC[C@@H]6NC(=O)N[C@@H]65)nn4)cc3)O2)nn1. The van der Waals surface area contributed by atoms with Crippen LogP contribution in [-0.2, 0) is 116 Å². The molecule has 1 aromatic carbocycles. The van der Waals surface area contributed by atoms with Crippen molar-refractivity contribution < 1.29 is 121 Å². The highest BCUT2D eigenvalue weighted by Crippen LogP contribution is 2.35. The molecule has 0 saturated carbocycles. The number of urea groups is 1. The number of aromatic nitrogens is 6. The van der Waals surface area contributed by atoms with Gasteiger partial charge in [-0.1, -0.05) is 54.0 Å². The first kappa shape index (κ1) is 88.1. The van der Waals surface area contributed by atoms with Gasteiger partial charge in [-0.3, -0.25) is 14.4 Å². The van der Waals surface area contributed by atoms with Crippen LogP contribution in [0, 0.1) is 0 Å². The Morgan fingerprint density at radius 3 is 1.72 bits per heavy atom. The summed E-state index contributed by atoms with van der Waals surface area (Å²) in [6.45, 7) is 10.8. The highest BCUT2D eigenvalue weighted by molar-refractivity contribution is 8.00. The van der Waals surface area contributed by atoms with Crippen molar-refractivity contribution >= 4 is 41.5 Å². The molecule has 0 radical (unpaired) electrons. The quantitative estimate of drug-likeness (QED) is 0.0235. The maximum atomic E-state index is 13.1. The summed E-state index contributed by atoms with van der Waals surface area (Å²) in [4.78, 5) is 61.7. The molecule has 36 nitrogen and oxygen atoms in total. The number of benzene rings is 1. The molecular formula is C68H113N11O25S. The Labute approximate surface area is 617 Å². The maximum absolute atomic E-state index is 13.1. The first-order valence-corrected chi connectivity index (χ1v) is 37.3. The van der Waals surface area contributed by atoms with Gasteiger partial charge >= 0.3 is 12.0 Å². The first-order chi connectivity index (χ1) is 51.3. The second-order valence-electron chi connectivity index (χ2n) is 24.8. The summed E-state index contributed by atoms with van der Waals surface area (Å²) in [5, 5.41) is 84.3. The third-order valence-electron chi connectivity index (χ3n) is 16.7. The fraction of sp³-hybridized carbons (Fsp3) is 0.779. The third kappa shape index (κ3) is 36.3. The van der Waals surface area contributed by atoms with Crippen molar-refractivity contribution in [2.45, 2.75) is 137 Å². The number of nitrogens with one attached hydrogen (secondary N) is 5. The van der Waals surface area contributed by atoms with Gasteiger partial charge in [0.1, 0.15) is 24.5 Å². The number of aryl methyl sites for hydroxylation is 1. The van der Waals surface area contributed by atoms with Gasteiger partial charge in [0.2, 0.25) is 17.7 Å². The third-order valence-corrected chi connectivity index (χ3v) is 18.2. The summed E-state index contributed by atoms with van der Waals surface area (Å²) in [6.07, 6.45) is 2.25. The van der Waals surface area contributed by atoms with Gasteiger partial charge in [-0.05, 0) is 37.7 Å². The molecule has 3 fully saturated rings. The predicted molar refractivity (Wildman–Crippen MR) is 376 cm³/mol. The largest absolute Gasteiger partial charge is 0.477 e. The van der Waals surface area contributed by atoms with E-state index >= 15 is 0 Å². The monoisotopic (exact) mass is 1520 g/mol. The van der Waals surface area contributed by atoms with Crippen molar-refractivity contribution in [2.24, 2.45) is 0 Å². The molecule has 2 aromatic heterocycles. The van der Waals surface area contributed by atoms with Crippen molar-refractivity contribution in [1.29, 1.82) is 0 Å². The zero-order valence-corrected chi connectivity index (χ0v) is 61.3. The van der Waals surface area contributed by atoms with Crippen molar-refractivity contribution in [3.8, 4) is 11.3 Å². The van der Waals surface area contributed by atoms with Crippen molar-refractivity contribution in [1.82, 2.24) is 56.6 Å². The molecule has 0 aliphatic carbocycles. The summed E-state index contributed by atoms with van der Waals surface area (Å²) in [6, 6.07) is 5.90. The average molecular weight is 1520 g/mol. The standard InChI is InChI=1S/C68H113N11O25S/c1-90-22-23-92-20-16-78-47-53(74-76-78)8-4-2-3-7-18-103-68(66(87)88)45-56(81)63(72-61(85)49-80)65(104-68)64(86)57(82)46-70-60(84)44-51-11-13-52(14-12-51)54-48-79(77-75-54)17-21-93-25-27-95-29-31-97-33-35-99-37-39-101-41-43-102-42-40-100-38-36-98-34-32-96-30-28-94-26-24-91-19-15-69-59(83)10-6-5-9-58-62-55(50-105-58)71-67(89)73-62/h11-14,47-48,55-58,62-65,80-82,86H,2-10,15-46,49-50H2,1H3,(H,69,83)(H,70,84)(H,72,85)(H,87,88)(H2,71,73,89)/t55-,56-,57+,58-,62-,63+,64+,65+,68+/m0/s1. The number of amides is 5. The fourth-order valence-electron chi connectivity index (χ4n) is 11.1. The lowest BCUT2D eigenvalue weighted by Gasteiger charge is -2.46. The van der Waals surface area contributed by atoms with E-state index in [9.17, 15) is 49.5 Å². The lowest BCUT2D eigenvalue weighted by Crippen LogP contribution is -2.68. The molecule has 596 valence electrons. The lowest BCUT2D eigenvalue weighted by atomic mass is 9.88. The van der Waals surface area contributed by atoms with Gasteiger partial charge in [-0.15, -0.1) is 10.2 Å². The molecule has 10 N–H and O–H groups in total. The molecule has 0 spiro atoms. The van der Waals surface area contributed by atoms with Crippen LogP contribution in [0.2, 0.25) is 0 Å². The van der Waals surface area contributed by atoms with Gasteiger partial charge < -0.3 is 123 Å². The van der Waals surface area contributed by atoms with E-state index in [1.165, 1.54) is 0 Å². The van der Waals surface area contributed by atoms with Crippen molar-refractivity contribution in [3.63, 3.8) is 0 Å². The fourth-order valence-corrected chi connectivity index (χ4v) is 12.7. The van der Waals surface area contributed by atoms with Gasteiger partial charge in [-0.25, -0.2) is 19.0 Å². The second kappa shape index (κ2) is 53.9. The number of carbonyl (C=O) groups is 5. The van der Waals surface area contributed by atoms with Crippen LogP contribution in [0.1, 0.15) is 69.0 Å². The van der Waals surface area contributed by atoms with E-state index in [0.29, 0.717) is 227 Å². The van der Waals surface area contributed by atoms with E-state index in [2.05, 4.69) is 47.2 Å². The zero-order valence-electron chi connectivity index (χ0n) is 60.5. The maximum Gasteiger partial charge on any atom is 0.364 e. The predicted octanol–water partition coefficient (Wildman–Crippen LogP) is -1.17. The molecule has 3 aromatic rings. The molecular weight excluding hydrogens is 1400 g/mol. The average Bonchev–Trinajstić information content (AvgIpc) is 1.62. The molecule has 3 aliphatic rings. The first-order valence-electron chi connectivity index (χ1n) is 36.3. The number of unbranched alkanes of at least 4 members (excludes halogenated alkanes) is 4. The molecule has 0 unspecified atom stereocenters. The highest BCUT2D eigenvalue weighted by Gasteiger charge is 2.56. The Hall–Kier alpha value is -5.76. The minimum atomic E-state index is -2.47. The number of aliphatic hydroxyl groups is 4. The number of aliphatic hydroxyl groups excluding tert-OH is 4. The van der Waals surface area contributed by atoms with Gasteiger partial charge in [0.15, 0.2) is 0 Å².